The molecular weight excluding hydrogens is 414 g/mol. The highest BCUT2D eigenvalue weighted by Gasteiger charge is 2.22. The number of aromatic amines is 1. The van der Waals surface area contributed by atoms with Gasteiger partial charge in [0.05, 0.1) is 11.7 Å². The van der Waals surface area contributed by atoms with E-state index in [1.165, 1.54) is 0 Å². The topological polar surface area (TPSA) is 83.0 Å². The molecule has 0 saturated carbocycles. The molecule has 0 fully saturated rings. The van der Waals surface area contributed by atoms with Gasteiger partial charge in [-0.3, -0.25) is 14.7 Å². The number of benzene rings is 1. The van der Waals surface area contributed by atoms with E-state index < -0.39 is 0 Å². The summed E-state index contributed by atoms with van der Waals surface area (Å²) in [4.78, 5) is 27.6. The molecule has 1 atom stereocenters. The molecule has 1 aromatic carbocycles. The molecule has 7 heteroatoms. The maximum atomic E-state index is 13.3. The minimum atomic E-state index is -0.126. The average molecular weight is 450 g/mol. The molecule has 2 aromatic heterocycles. The zero-order valence-electron chi connectivity index (χ0n) is 19.4. The van der Waals surface area contributed by atoms with Crippen molar-refractivity contribution in [2.45, 2.75) is 25.8 Å². The normalized spacial score (nSPS) is 12.8. The number of hydrogen-bond donors (Lipinski definition) is 2. The Kier molecular flexibility index (Phi) is 8.02. The molecule has 176 valence electrons. The summed E-state index contributed by atoms with van der Waals surface area (Å²) in [5.74, 6) is -0.196. The lowest BCUT2D eigenvalue weighted by Crippen LogP contribution is -2.40. The molecule has 2 heterocycles. The third-order valence-corrected chi connectivity index (χ3v) is 5.78. The third kappa shape index (κ3) is 5.88. The Morgan fingerprint density at radius 1 is 1.36 bits per heavy atom. The van der Waals surface area contributed by atoms with Crippen LogP contribution in [0, 0.1) is 0 Å². The fourth-order valence-corrected chi connectivity index (χ4v) is 3.76. The number of rotatable bonds is 10. The van der Waals surface area contributed by atoms with Crippen LogP contribution in [0.2, 0.25) is 0 Å². The van der Waals surface area contributed by atoms with E-state index in [2.05, 4.69) is 22.1 Å². The molecule has 2 amide bonds. The van der Waals surface area contributed by atoms with Crippen LogP contribution in [-0.2, 0) is 7.05 Å². The number of allylic oxidation sites excluding steroid dienone is 4. The predicted molar refractivity (Wildman–Crippen MR) is 136 cm³/mol. The van der Waals surface area contributed by atoms with Crippen molar-refractivity contribution in [3.63, 3.8) is 0 Å². The molecule has 3 rings (SSSR count). The number of H-pyrrole nitrogens is 1. The molecule has 0 aliphatic carbocycles. The second kappa shape index (κ2) is 11.1. The first-order valence-electron chi connectivity index (χ1n) is 11.0. The predicted octanol–water partition coefficient (Wildman–Crippen LogP) is 4.73. The Labute approximate surface area is 197 Å². The van der Waals surface area contributed by atoms with E-state index in [9.17, 15) is 9.59 Å². The summed E-state index contributed by atoms with van der Waals surface area (Å²) in [6.07, 6.45) is 12.5. The van der Waals surface area contributed by atoms with E-state index in [0.717, 1.165) is 16.5 Å². The van der Waals surface area contributed by atoms with Crippen LogP contribution < -0.4 is 5.32 Å². The van der Waals surface area contributed by atoms with Gasteiger partial charge in [0.25, 0.3) is 11.8 Å². The summed E-state index contributed by atoms with van der Waals surface area (Å²) in [5.41, 5.74) is 3.19. The summed E-state index contributed by atoms with van der Waals surface area (Å²) >= 11 is 0. The number of aromatic nitrogens is 3. The average Bonchev–Trinajstić information content (AvgIpc) is 3.47. The quantitative estimate of drug-likeness (QED) is 0.439. The molecule has 0 radical (unpaired) electrons. The maximum Gasteiger partial charge on any atom is 0.267 e. The molecule has 2 N–H and O–H groups in total. The Bertz CT molecular complexity index is 1200. The van der Waals surface area contributed by atoms with E-state index in [1.54, 1.807) is 27.8 Å². The van der Waals surface area contributed by atoms with Gasteiger partial charge < -0.3 is 14.8 Å². The van der Waals surface area contributed by atoms with Crippen molar-refractivity contribution in [2.24, 2.45) is 7.05 Å². The zero-order chi connectivity index (χ0) is 23.8. The summed E-state index contributed by atoms with van der Waals surface area (Å²) in [6, 6.07) is 9.04. The van der Waals surface area contributed by atoms with Gasteiger partial charge in [0.1, 0.15) is 5.69 Å². The van der Waals surface area contributed by atoms with E-state index in [4.69, 9.17) is 0 Å². The fourth-order valence-electron chi connectivity index (χ4n) is 3.76. The minimum Gasteiger partial charge on any atom is -0.351 e. The first-order chi connectivity index (χ1) is 15.9. The van der Waals surface area contributed by atoms with Gasteiger partial charge in [-0.05, 0) is 50.1 Å². The number of aryl methyl sites for hydroxylation is 1. The van der Waals surface area contributed by atoms with Gasteiger partial charge in [-0.2, -0.15) is 5.10 Å². The van der Waals surface area contributed by atoms with Crippen LogP contribution in [0.3, 0.4) is 0 Å². The summed E-state index contributed by atoms with van der Waals surface area (Å²) in [5, 5.41) is 10.8. The van der Waals surface area contributed by atoms with E-state index >= 15 is 0 Å². The number of hydrogen-bond acceptors (Lipinski definition) is 3. The lowest BCUT2D eigenvalue weighted by atomic mass is 10.00. The van der Waals surface area contributed by atoms with E-state index in [0.29, 0.717) is 30.6 Å². The number of nitrogens with one attached hydrogen (secondary N) is 2. The highest BCUT2D eigenvalue weighted by Crippen LogP contribution is 2.20. The minimum absolute atomic E-state index is 0. The first kappa shape index (κ1) is 23.8. The molecular formula is C26H35N5O2. The fraction of sp³-hybridized carbons (Fsp3) is 0.269. The Morgan fingerprint density at radius 3 is 2.88 bits per heavy atom. The Morgan fingerprint density at radius 2 is 2.18 bits per heavy atom. The Balaban J connectivity index is 0.00000306. The molecule has 0 saturated heterocycles. The smallest absolute Gasteiger partial charge is 0.267 e. The van der Waals surface area contributed by atoms with Crippen LogP contribution in [0.25, 0.3) is 10.9 Å². The molecule has 0 aliphatic heterocycles. The van der Waals surface area contributed by atoms with Crippen LogP contribution in [0.1, 0.15) is 43.5 Å². The molecule has 0 unspecified atom stereocenters. The summed E-state index contributed by atoms with van der Waals surface area (Å²) in [6.45, 7) is 6.17. The first-order valence-corrected chi connectivity index (χ1v) is 11.0. The van der Waals surface area contributed by atoms with Gasteiger partial charge in [-0.25, -0.2) is 0 Å². The van der Waals surface area contributed by atoms with Crippen molar-refractivity contribution in [1.82, 2.24) is 25.0 Å². The van der Waals surface area contributed by atoms with Crippen molar-refractivity contribution in [2.75, 3.05) is 13.6 Å². The van der Waals surface area contributed by atoms with Gasteiger partial charge in [0.15, 0.2) is 0 Å². The SMILES string of the molecule is C=C/C=C\C(=C/C)C[C@@H](CCNC(=O)c1cccn1C)N(C)C(=O)c1ccc2[nH]ncc2c1.[HH].[HH]. The third-order valence-electron chi connectivity index (χ3n) is 5.78. The van der Waals surface area contributed by atoms with Crippen molar-refractivity contribution in [1.29, 1.82) is 0 Å². The number of fused-ring (bicyclic) bond motifs is 1. The molecule has 33 heavy (non-hydrogen) atoms. The van der Waals surface area contributed by atoms with Crippen LogP contribution in [0.15, 0.2) is 79.2 Å². The van der Waals surface area contributed by atoms with Crippen LogP contribution >= 0.6 is 0 Å². The maximum absolute atomic E-state index is 13.3. The number of amides is 2. The van der Waals surface area contributed by atoms with Gasteiger partial charge >= 0.3 is 0 Å². The van der Waals surface area contributed by atoms with Gasteiger partial charge in [0, 0.05) is 46.7 Å². The van der Waals surface area contributed by atoms with Gasteiger partial charge in [0.2, 0.25) is 0 Å². The van der Waals surface area contributed by atoms with E-state index in [1.807, 2.05) is 69.7 Å². The van der Waals surface area contributed by atoms with Gasteiger partial charge in [-0.1, -0.05) is 36.5 Å². The molecule has 3 aromatic rings. The molecule has 0 spiro atoms. The van der Waals surface area contributed by atoms with Crippen LogP contribution in [0.5, 0.6) is 0 Å². The number of carbonyl (C=O) groups excluding carboxylic acids is 2. The van der Waals surface area contributed by atoms with Crippen LogP contribution in [-0.4, -0.2) is 51.1 Å². The zero-order valence-corrected chi connectivity index (χ0v) is 19.4. The van der Waals surface area contributed by atoms with Gasteiger partial charge in [-0.15, -0.1) is 0 Å². The monoisotopic (exact) mass is 449 g/mol. The lowest BCUT2D eigenvalue weighted by molar-refractivity contribution is 0.0723. The van der Waals surface area contributed by atoms with Crippen molar-refractivity contribution >= 4 is 22.7 Å². The summed E-state index contributed by atoms with van der Waals surface area (Å²) in [7, 11) is 3.65. The largest absolute Gasteiger partial charge is 0.351 e. The Hall–Kier alpha value is -3.87. The second-order valence-electron chi connectivity index (χ2n) is 7.95. The van der Waals surface area contributed by atoms with E-state index in [-0.39, 0.29) is 20.7 Å². The van der Waals surface area contributed by atoms with Crippen LogP contribution in [0.4, 0.5) is 0 Å². The number of nitrogens with zero attached hydrogens (tertiary/aromatic N) is 3. The highest BCUT2D eigenvalue weighted by atomic mass is 16.2. The molecule has 0 bridgehead atoms. The molecule has 7 nitrogen and oxygen atoms in total. The standard InChI is InChI=1S/C26H31N5O2.2H2/c1-5-7-9-19(6-2)16-22(13-14-27-25(32)24-10-8-15-30(24)3)31(4)26(33)20-11-12-23-21(17-20)18-28-29-23;;/h5-12,15,17-18,22H,1,13-14,16H2,2-4H3,(H,27,32)(H,28,29);2*1H/b9-7-,19-6+;;/t22-;;/m1../s1. The highest BCUT2D eigenvalue weighted by molar-refractivity contribution is 5.98. The summed E-state index contributed by atoms with van der Waals surface area (Å²) < 4.78 is 1.78. The molecule has 0 aliphatic rings. The van der Waals surface area contributed by atoms with Crippen molar-refractivity contribution in [3.8, 4) is 0 Å². The second-order valence-corrected chi connectivity index (χ2v) is 7.95. The van der Waals surface area contributed by atoms with Crippen molar-refractivity contribution in [3.05, 3.63) is 90.4 Å². The number of carbonyl (C=O) groups is 2. The lowest BCUT2D eigenvalue weighted by Gasteiger charge is -2.29. The van der Waals surface area contributed by atoms with Crippen molar-refractivity contribution < 1.29 is 12.4 Å².